The predicted molar refractivity (Wildman–Crippen MR) is 104 cm³/mol. The van der Waals surface area contributed by atoms with Gasteiger partial charge in [0.1, 0.15) is 13.2 Å². The van der Waals surface area contributed by atoms with E-state index in [9.17, 15) is 9.59 Å². The number of halogens is 1. The maximum atomic E-state index is 12.3. The molecule has 1 saturated carbocycles. The van der Waals surface area contributed by atoms with E-state index < -0.39 is 11.9 Å². The van der Waals surface area contributed by atoms with Crippen molar-refractivity contribution in [2.75, 3.05) is 25.5 Å². The molecule has 1 fully saturated rings. The van der Waals surface area contributed by atoms with Crippen LogP contribution in [-0.4, -0.2) is 42.6 Å². The lowest BCUT2D eigenvalue weighted by Crippen LogP contribution is -2.32. The Kier molecular flexibility index (Phi) is 7.90. The van der Waals surface area contributed by atoms with Crippen molar-refractivity contribution in [1.29, 1.82) is 0 Å². The van der Waals surface area contributed by atoms with Crippen LogP contribution >= 0.6 is 15.9 Å². The van der Waals surface area contributed by atoms with Gasteiger partial charge in [-0.2, -0.15) is 0 Å². The second-order valence-corrected chi connectivity index (χ2v) is 7.36. The van der Waals surface area contributed by atoms with E-state index in [2.05, 4.69) is 27.8 Å². The van der Waals surface area contributed by atoms with Gasteiger partial charge in [-0.1, -0.05) is 19.8 Å². The predicted octanol–water partition coefficient (Wildman–Crippen LogP) is 3.52. The number of esters is 2. The molecule has 1 aliphatic rings. The molecule has 0 amide bonds. The third-order valence-corrected chi connectivity index (χ3v) is 5.35. The summed E-state index contributed by atoms with van der Waals surface area (Å²) in [6.07, 6.45) is 4.98. The van der Waals surface area contributed by atoms with Crippen LogP contribution in [0.4, 0.5) is 5.69 Å². The molecule has 2 N–H and O–H groups in total. The molecule has 6 nitrogen and oxygen atoms in total. The first-order valence-electron chi connectivity index (χ1n) is 9.04. The molecule has 144 valence electrons. The Hall–Kier alpha value is -1.60. The number of anilines is 1. The fraction of sp³-hybridized carbons (Fsp3) is 0.579. The maximum absolute atomic E-state index is 12.3. The van der Waals surface area contributed by atoms with Gasteiger partial charge in [0, 0.05) is 24.0 Å². The molecule has 0 saturated heterocycles. The van der Waals surface area contributed by atoms with Gasteiger partial charge in [-0.05, 0) is 53.0 Å². The summed E-state index contributed by atoms with van der Waals surface area (Å²) in [5.41, 5.74) is 8.23. The zero-order valence-electron chi connectivity index (χ0n) is 15.4. The number of carbonyl (C=O) groups excluding carboxylic acids is 2. The lowest BCUT2D eigenvalue weighted by Gasteiger charge is -2.28. The molecular weight excluding hydrogens is 400 g/mol. The molecule has 1 aromatic carbocycles. The number of nitrogen functional groups attached to an aromatic ring is 1. The normalized spacial score (nSPS) is 14.6. The Morgan fingerprint density at radius 2 is 1.88 bits per heavy atom. The van der Waals surface area contributed by atoms with Crippen LogP contribution < -0.4 is 5.73 Å². The third kappa shape index (κ3) is 5.71. The van der Waals surface area contributed by atoms with Crippen LogP contribution in [0.25, 0.3) is 0 Å². The average Bonchev–Trinajstić information content (AvgIpc) is 3.13. The van der Waals surface area contributed by atoms with Crippen LogP contribution in [-0.2, 0) is 20.8 Å². The van der Waals surface area contributed by atoms with Crippen molar-refractivity contribution < 1.29 is 19.1 Å². The van der Waals surface area contributed by atoms with Crippen LogP contribution in [0, 0.1) is 0 Å². The van der Waals surface area contributed by atoms with Crippen molar-refractivity contribution in [3.8, 4) is 0 Å². The number of nitrogens with zero attached hydrogens (tertiary/aromatic N) is 1. The van der Waals surface area contributed by atoms with Crippen LogP contribution in [0.5, 0.6) is 0 Å². The highest BCUT2D eigenvalue weighted by Crippen LogP contribution is 2.30. The van der Waals surface area contributed by atoms with Crippen molar-refractivity contribution in [1.82, 2.24) is 4.90 Å². The number of nitrogens with two attached hydrogens (primary N) is 1. The second kappa shape index (κ2) is 9.92. The highest BCUT2D eigenvalue weighted by atomic mass is 79.9. The lowest BCUT2D eigenvalue weighted by molar-refractivity contribution is -0.142. The van der Waals surface area contributed by atoms with Gasteiger partial charge < -0.3 is 15.2 Å². The average molecular weight is 427 g/mol. The highest BCUT2D eigenvalue weighted by molar-refractivity contribution is 9.10. The van der Waals surface area contributed by atoms with Gasteiger partial charge in [-0.3, -0.25) is 9.69 Å². The molecule has 2 rings (SSSR count). The SMILES string of the molecule is CCN(Cc1cc(C(=O)OCCOC(C)=O)cc(Br)c1N)C1CCCC1. The van der Waals surface area contributed by atoms with Crippen molar-refractivity contribution in [2.24, 2.45) is 0 Å². The number of benzene rings is 1. The number of hydrogen-bond donors (Lipinski definition) is 1. The number of rotatable bonds is 8. The summed E-state index contributed by atoms with van der Waals surface area (Å²) in [6.45, 7) is 5.19. The maximum Gasteiger partial charge on any atom is 0.338 e. The van der Waals surface area contributed by atoms with Gasteiger partial charge in [-0.25, -0.2) is 4.79 Å². The largest absolute Gasteiger partial charge is 0.462 e. The molecular formula is C19H27BrN2O4. The van der Waals surface area contributed by atoms with Crippen molar-refractivity contribution in [2.45, 2.75) is 52.1 Å². The fourth-order valence-electron chi connectivity index (χ4n) is 3.31. The van der Waals surface area contributed by atoms with Gasteiger partial charge in [0.15, 0.2) is 0 Å². The molecule has 0 radical (unpaired) electrons. The molecule has 0 unspecified atom stereocenters. The zero-order chi connectivity index (χ0) is 19.1. The summed E-state index contributed by atoms with van der Waals surface area (Å²) in [6, 6.07) is 4.04. The zero-order valence-corrected chi connectivity index (χ0v) is 17.0. The van der Waals surface area contributed by atoms with Gasteiger partial charge in [0.05, 0.1) is 11.3 Å². The van der Waals surface area contributed by atoms with E-state index in [1.54, 1.807) is 12.1 Å². The van der Waals surface area contributed by atoms with Gasteiger partial charge in [0.25, 0.3) is 0 Å². The monoisotopic (exact) mass is 426 g/mol. The molecule has 7 heteroatoms. The Balaban J connectivity index is 2.07. The molecule has 26 heavy (non-hydrogen) atoms. The fourth-order valence-corrected chi connectivity index (χ4v) is 3.82. The van der Waals surface area contributed by atoms with E-state index in [-0.39, 0.29) is 13.2 Å². The minimum Gasteiger partial charge on any atom is -0.462 e. The number of carbonyl (C=O) groups is 2. The number of ether oxygens (including phenoxy) is 2. The van der Waals surface area contributed by atoms with Crippen molar-refractivity contribution in [3.05, 3.63) is 27.7 Å². The molecule has 0 heterocycles. The van der Waals surface area contributed by atoms with Crippen LogP contribution in [0.15, 0.2) is 16.6 Å². The van der Waals surface area contributed by atoms with Crippen LogP contribution in [0.1, 0.15) is 55.5 Å². The third-order valence-electron chi connectivity index (χ3n) is 4.69. The first-order chi connectivity index (χ1) is 12.4. The van der Waals surface area contributed by atoms with Gasteiger partial charge in [0.2, 0.25) is 0 Å². The molecule has 0 atom stereocenters. The quantitative estimate of drug-likeness (QED) is 0.389. The summed E-state index contributed by atoms with van der Waals surface area (Å²) < 4.78 is 10.6. The van der Waals surface area contributed by atoms with Crippen molar-refractivity contribution in [3.63, 3.8) is 0 Å². The Bertz CT molecular complexity index is 645. The van der Waals surface area contributed by atoms with Gasteiger partial charge in [-0.15, -0.1) is 0 Å². The minimum absolute atomic E-state index is 0.0267. The lowest BCUT2D eigenvalue weighted by atomic mass is 10.1. The standard InChI is InChI=1S/C19H27BrN2O4/c1-3-22(16-6-4-5-7-16)12-15-10-14(11-17(20)18(15)21)19(24)26-9-8-25-13(2)23/h10-11,16H,3-9,12,21H2,1-2H3. The highest BCUT2D eigenvalue weighted by Gasteiger charge is 2.23. The molecule has 1 aromatic rings. The topological polar surface area (TPSA) is 81.9 Å². The van der Waals surface area contributed by atoms with E-state index in [1.165, 1.54) is 32.6 Å². The molecule has 0 aromatic heterocycles. The molecule has 1 aliphatic carbocycles. The minimum atomic E-state index is -0.456. The first kappa shape index (κ1) is 20.7. The smallest absolute Gasteiger partial charge is 0.338 e. The number of hydrogen-bond acceptors (Lipinski definition) is 6. The van der Waals surface area contributed by atoms with Crippen LogP contribution in [0.2, 0.25) is 0 Å². The Labute approximate surface area is 163 Å². The molecule has 0 spiro atoms. The Morgan fingerprint density at radius 3 is 2.50 bits per heavy atom. The van der Waals surface area contributed by atoms with E-state index in [0.717, 1.165) is 12.1 Å². The summed E-state index contributed by atoms with van der Waals surface area (Å²) in [5, 5.41) is 0. The summed E-state index contributed by atoms with van der Waals surface area (Å²) >= 11 is 3.44. The van der Waals surface area contributed by atoms with E-state index in [4.69, 9.17) is 15.2 Å². The molecule has 0 aliphatic heterocycles. The Morgan fingerprint density at radius 1 is 1.23 bits per heavy atom. The first-order valence-corrected chi connectivity index (χ1v) is 9.84. The molecule has 0 bridgehead atoms. The van der Waals surface area contributed by atoms with Gasteiger partial charge >= 0.3 is 11.9 Å². The summed E-state index contributed by atoms with van der Waals surface area (Å²) in [5.74, 6) is -0.854. The van der Waals surface area contributed by atoms with E-state index in [0.29, 0.717) is 28.3 Å². The van der Waals surface area contributed by atoms with Crippen LogP contribution in [0.3, 0.4) is 0 Å². The van der Waals surface area contributed by atoms with E-state index in [1.807, 2.05) is 0 Å². The summed E-state index contributed by atoms with van der Waals surface area (Å²) in [4.78, 5) is 25.4. The van der Waals surface area contributed by atoms with E-state index >= 15 is 0 Å². The van der Waals surface area contributed by atoms with Crippen molar-refractivity contribution >= 4 is 33.6 Å². The summed E-state index contributed by atoms with van der Waals surface area (Å²) in [7, 11) is 0. The second-order valence-electron chi connectivity index (χ2n) is 6.51.